The first-order chi connectivity index (χ1) is 11.3. The highest BCUT2D eigenvalue weighted by atomic mass is 16.7. The fraction of sp³-hybridized carbons (Fsp3) is 0.389. The third-order valence-corrected chi connectivity index (χ3v) is 5.09. The van der Waals surface area contributed by atoms with Gasteiger partial charge in [0, 0.05) is 22.7 Å². The number of hydrogen-bond acceptors (Lipinski definition) is 4. The Morgan fingerprint density at radius 3 is 2.42 bits per heavy atom. The van der Waals surface area contributed by atoms with Crippen molar-refractivity contribution in [2.75, 3.05) is 0 Å². The number of nitrogens with one attached hydrogen (secondary N) is 1. The van der Waals surface area contributed by atoms with Gasteiger partial charge in [0.25, 0.3) is 0 Å². The number of rotatable bonds is 2. The highest BCUT2D eigenvalue weighted by Gasteiger charge is 2.52. The van der Waals surface area contributed by atoms with Crippen molar-refractivity contribution in [2.24, 2.45) is 0 Å². The van der Waals surface area contributed by atoms with Crippen LogP contribution in [0.5, 0.6) is 0 Å². The van der Waals surface area contributed by atoms with Crippen LogP contribution in [0.1, 0.15) is 33.5 Å². The first-order valence-corrected chi connectivity index (χ1v) is 8.16. The Kier molecular flexibility index (Phi) is 3.21. The van der Waals surface area contributed by atoms with Gasteiger partial charge in [0.05, 0.1) is 17.4 Å². The molecule has 1 aromatic carbocycles. The lowest BCUT2D eigenvalue weighted by atomic mass is 9.79. The average molecular weight is 324 g/mol. The van der Waals surface area contributed by atoms with Gasteiger partial charge in [0.1, 0.15) is 5.76 Å². The van der Waals surface area contributed by atoms with Crippen molar-refractivity contribution in [3.8, 4) is 11.5 Å². The minimum Gasteiger partial charge on any atom is -0.441 e. The molecule has 6 heteroatoms. The van der Waals surface area contributed by atoms with Gasteiger partial charge in [-0.15, -0.1) is 0 Å². The predicted octanol–water partition coefficient (Wildman–Crippen LogP) is 3.43. The molecule has 0 radical (unpaired) electrons. The summed E-state index contributed by atoms with van der Waals surface area (Å²) in [5.74, 6) is 1.42. The molecule has 0 amide bonds. The van der Waals surface area contributed by atoms with Crippen molar-refractivity contribution < 1.29 is 13.7 Å². The van der Waals surface area contributed by atoms with Crippen molar-refractivity contribution in [2.45, 2.75) is 45.8 Å². The molecule has 2 aromatic heterocycles. The minimum absolute atomic E-state index is 0.363. The summed E-state index contributed by atoms with van der Waals surface area (Å²) in [7, 11) is -0.398. The maximum atomic E-state index is 6.18. The molecule has 3 aromatic rings. The highest BCUT2D eigenvalue weighted by molar-refractivity contribution is 6.65. The molecule has 1 saturated heterocycles. The van der Waals surface area contributed by atoms with Crippen LogP contribution >= 0.6 is 0 Å². The molecule has 1 N–H and O–H groups in total. The zero-order valence-electron chi connectivity index (χ0n) is 14.6. The van der Waals surface area contributed by atoms with Crippen LogP contribution in [0.4, 0.5) is 0 Å². The smallest absolute Gasteiger partial charge is 0.441 e. The third-order valence-electron chi connectivity index (χ3n) is 5.09. The second-order valence-electron chi connectivity index (χ2n) is 7.37. The topological polar surface area (TPSA) is 60.3 Å². The van der Waals surface area contributed by atoms with Crippen molar-refractivity contribution in [3.63, 3.8) is 0 Å². The first-order valence-electron chi connectivity index (χ1n) is 8.16. The van der Waals surface area contributed by atoms with E-state index in [1.54, 1.807) is 6.20 Å². The lowest BCUT2D eigenvalue weighted by Crippen LogP contribution is -2.41. The Morgan fingerprint density at radius 2 is 1.79 bits per heavy atom. The molecule has 0 bridgehead atoms. The maximum Gasteiger partial charge on any atom is 0.497 e. The fourth-order valence-electron chi connectivity index (χ4n) is 2.93. The van der Waals surface area contributed by atoms with Gasteiger partial charge >= 0.3 is 7.12 Å². The number of aromatic nitrogens is 2. The normalized spacial score (nSPS) is 19.3. The van der Waals surface area contributed by atoms with Gasteiger partial charge in [-0.05, 0) is 58.2 Å². The van der Waals surface area contributed by atoms with Crippen LogP contribution in [0.25, 0.3) is 22.4 Å². The number of hydrogen-bond donors (Lipinski definition) is 1. The van der Waals surface area contributed by atoms with Crippen molar-refractivity contribution in [1.82, 2.24) is 9.97 Å². The van der Waals surface area contributed by atoms with Gasteiger partial charge in [0.15, 0.2) is 0 Å². The standard InChI is InChI=1S/C18H21BN2O3/c1-11-9-21-16(22-11)12-6-7-15-13(8-12)14(10-20-15)19-23-17(2,3)18(4,5)24-19/h6-10,20H,1-5H3. The van der Waals surface area contributed by atoms with Crippen LogP contribution < -0.4 is 5.46 Å². The van der Waals surface area contributed by atoms with E-state index in [0.29, 0.717) is 5.89 Å². The molecule has 3 heterocycles. The summed E-state index contributed by atoms with van der Waals surface area (Å²) in [6.07, 6.45) is 3.68. The molecule has 0 unspecified atom stereocenters. The molecule has 1 aliphatic rings. The summed E-state index contributed by atoms with van der Waals surface area (Å²) in [6.45, 7) is 10.1. The summed E-state index contributed by atoms with van der Waals surface area (Å²) < 4.78 is 18.0. The lowest BCUT2D eigenvalue weighted by Gasteiger charge is -2.32. The Hall–Kier alpha value is -2.05. The molecule has 0 atom stereocenters. The summed E-state index contributed by atoms with van der Waals surface area (Å²) in [5, 5.41) is 1.06. The first kappa shape index (κ1) is 15.5. The molecule has 1 fully saturated rings. The van der Waals surface area contributed by atoms with E-state index < -0.39 is 7.12 Å². The maximum absolute atomic E-state index is 6.18. The van der Waals surface area contributed by atoms with E-state index in [1.807, 2.05) is 25.3 Å². The SMILES string of the molecule is Cc1cnc(-c2ccc3[nH]cc(B4OC(C)(C)C(C)(C)O4)c3c2)o1. The molecule has 4 rings (SSSR count). The van der Waals surface area contributed by atoms with Crippen LogP contribution in [0.3, 0.4) is 0 Å². The Balaban J connectivity index is 1.77. The van der Waals surface area contributed by atoms with E-state index in [0.717, 1.165) is 27.7 Å². The molecule has 0 aliphatic carbocycles. The molecule has 0 saturated carbocycles. The molecule has 5 nitrogen and oxygen atoms in total. The number of nitrogens with zero attached hydrogens (tertiary/aromatic N) is 1. The van der Waals surface area contributed by atoms with Gasteiger partial charge in [-0.2, -0.15) is 0 Å². The molecule has 24 heavy (non-hydrogen) atoms. The molecule has 1 aliphatic heterocycles. The van der Waals surface area contributed by atoms with Gasteiger partial charge in [-0.25, -0.2) is 4.98 Å². The second-order valence-corrected chi connectivity index (χ2v) is 7.37. The van der Waals surface area contributed by atoms with Gasteiger partial charge in [-0.1, -0.05) is 0 Å². The summed E-state index contributed by atoms with van der Waals surface area (Å²) in [5.41, 5.74) is 2.24. The molecular weight excluding hydrogens is 303 g/mol. The number of oxazole rings is 1. The predicted molar refractivity (Wildman–Crippen MR) is 94.2 cm³/mol. The Labute approximate surface area is 141 Å². The van der Waals surface area contributed by atoms with Crippen LogP contribution in [0.2, 0.25) is 0 Å². The summed E-state index contributed by atoms with van der Waals surface area (Å²) >= 11 is 0. The van der Waals surface area contributed by atoms with E-state index in [4.69, 9.17) is 13.7 Å². The van der Waals surface area contributed by atoms with E-state index in [-0.39, 0.29) is 11.2 Å². The van der Waals surface area contributed by atoms with Crippen molar-refractivity contribution >= 4 is 23.5 Å². The highest BCUT2D eigenvalue weighted by Crippen LogP contribution is 2.37. The van der Waals surface area contributed by atoms with Gasteiger partial charge in [0.2, 0.25) is 5.89 Å². The monoisotopic (exact) mass is 324 g/mol. The van der Waals surface area contributed by atoms with E-state index in [2.05, 4.69) is 43.7 Å². The largest absolute Gasteiger partial charge is 0.497 e. The average Bonchev–Trinajstić information content (AvgIpc) is 3.15. The summed E-state index contributed by atoms with van der Waals surface area (Å²) in [6, 6.07) is 6.09. The molecule has 0 spiro atoms. The third kappa shape index (κ3) is 2.29. The lowest BCUT2D eigenvalue weighted by molar-refractivity contribution is 0.00578. The van der Waals surface area contributed by atoms with Crippen LogP contribution in [0.15, 0.2) is 35.0 Å². The number of H-pyrrole nitrogens is 1. The van der Waals surface area contributed by atoms with Crippen LogP contribution in [-0.4, -0.2) is 28.3 Å². The fourth-order valence-corrected chi connectivity index (χ4v) is 2.93. The Bertz CT molecular complexity index is 894. The van der Waals surface area contributed by atoms with Crippen LogP contribution in [-0.2, 0) is 9.31 Å². The van der Waals surface area contributed by atoms with Gasteiger partial charge in [-0.3, -0.25) is 0 Å². The van der Waals surface area contributed by atoms with E-state index in [9.17, 15) is 0 Å². The van der Waals surface area contributed by atoms with Crippen LogP contribution in [0, 0.1) is 6.92 Å². The Morgan fingerprint density at radius 1 is 1.08 bits per heavy atom. The summed E-state index contributed by atoms with van der Waals surface area (Å²) in [4.78, 5) is 7.60. The van der Waals surface area contributed by atoms with Gasteiger partial charge < -0.3 is 18.7 Å². The van der Waals surface area contributed by atoms with E-state index in [1.165, 1.54) is 0 Å². The number of aromatic amines is 1. The quantitative estimate of drug-likeness (QED) is 0.734. The second kappa shape index (κ2) is 4.97. The zero-order valence-corrected chi connectivity index (χ0v) is 14.6. The zero-order chi connectivity index (χ0) is 17.1. The minimum atomic E-state index is -0.398. The number of aryl methyl sites for hydroxylation is 1. The number of fused-ring (bicyclic) bond motifs is 1. The molecular formula is C18H21BN2O3. The van der Waals surface area contributed by atoms with Crippen molar-refractivity contribution in [1.29, 1.82) is 0 Å². The van der Waals surface area contributed by atoms with E-state index >= 15 is 0 Å². The number of benzene rings is 1. The molecule has 124 valence electrons. The van der Waals surface area contributed by atoms with Crippen molar-refractivity contribution in [3.05, 3.63) is 36.4 Å².